The number of rotatable bonds is 5. The van der Waals surface area contributed by atoms with Crippen LogP contribution in [0.25, 0.3) is 0 Å². The summed E-state index contributed by atoms with van der Waals surface area (Å²) in [6, 6.07) is 8.96. The van der Waals surface area contributed by atoms with Gasteiger partial charge in [-0.2, -0.15) is 0 Å². The van der Waals surface area contributed by atoms with Gasteiger partial charge >= 0.3 is 0 Å². The summed E-state index contributed by atoms with van der Waals surface area (Å²) >= 11 is 0. The molecule has 1 aliphatic carbocycles. The van der Waals surface area contributed by atoms with Gasteiger partial charge in [0, 0.05) is 58.4 Å². The van der Waals surface area contributed by atoms with E-state index in [-0.39, 0.29) is 0 Å². The molecule has 28 heavy (non-hydrogen) atoms. The van der Waals surface area contributed by atoms with Gasteiger partial charge in [0.2, 0.25) is 5.91 Å². The molecule has 0 aromatic heterocycles. The highest BCUT2D eigenvalue weighted by Gasteiger charge is 2.29. The Morgan fingerprint density at radius 3 is 2.32 bits per heavy atom. The minimum Gasteiger partial charge on any atom is -0.495 e. The first-order valence-corrected chi connectivity index (χ1v) is 10.9. The second-order valence-corrected chi connectivity index (χ2v) is 8.29. The van der Waals surface area contributed by atoms with Gasteiger partial charge in [-0.15, -0.1) is 0 Å². The Balaban J connectivity index is 1.22. The van der Waals surface area contributed by atoms with E-state index in [2.05, 4.69) is 31.7 Å². The molecule has 2 saturated heterocycles. The lowest BCUT2D eigenvalue weighted by Gasteiger charge is -2.40. The molecule has 2 heterocycles. The summed E-state index contributed by atoms with van der Waals surface area (Å²) < 4.78 is 5.49. The molecule has 2 aliphatic heterocycles. The first kappa shape index (κ1) is 19.5. The number of benzene rings is 1. The van der Waals surface area contributed by atoms with Gasteiger partial charge in [0.05, 0.1) is 19.3 Å². The van der Waals surface area contributed by atoms with Crippen LogP contribution in [0.4, 0.5) is 5.69 Å². The van der Waals surface area contributed by atoms with E-state index >= 15 is 0 Å². The molecule has 3 aliphatic rings. The number of nitrogens with zero attached hydrogens (tertiary/aromatic N) is 4. The summed E-state index contributed by atoms with van der Waals surface area (Å²) in [6.45, 7) is 8.18. The molecule has 0 N–H and O–H groups in total. The van der Waals surface area contributed by atoms with Crippen LogP contribution in [-0.4, -0.2) is 92.7 Å². The van der Waals surface area contributed by atoms with E-state index in [4.69, 9.17) is 4.74 Å². The zero-order chi connectivity index (χ0) is 19.3. The van der Waals surface area contributed by atoms with Crippen molar-refractivity contribution in [2.75, 3.05) is 70.9 Å². The molecule has 6 nitrogen and oxygen atoms in total. The van der Waals surface area contributed by atoms with Crippen LogP contribution in [-0.2, 0) is 4.79 Å². The average Bonchev–Trinajstić information content (AvgIpc) is 3.29. The van der Waals surface area contributed by atoms with Gasteiger partial charge in [-0.25, -0.2) is 0 Å². The van der Waals surface area contributed by atoms with E-state index in [0.29, 0.717) is 12.5 Å². The van der Waals surface area contributed by atoms with Crippen molar-refractivity contribution in [1.82, 2.24) is 14.7 Å². The Kier molecular flexibility index (Phi) is 6.37. The van der Waals surface area contributed by atoms with Gasteiger partial charge in [-0.05, 0) is 25.0 Å². The zero-order valence-corrected chi connectivity index (χ0v) is 17.2. The molecular formula is C22H34N4O2. The Morgan fingerprint density at radius 2 is 1.64 bits per heavy atom. The van der Waals surface area contributed by atoms with Crippen molar-refractivity contribution >= 4 is 11.6 Å². The van der Waals surface area contributed by atoms with Crippen molar-refractivity contribution in [1.29, 1.82) is 0 Å². The fourth-order valence-corrected chi connectivity index (χ4v) is 4.94. The third-order valence-corrected chi connectivity index (χ3v) is 6.67. The normalized spacial score (nSPS) is 22.6. The zero-order valence-electron chi connectivity index (χ0n) is 17.2. The van der Waals surface area contributed by atoms with Crippen LogP contribution in [0.15, 0.2) is 24.3 Å². The summed E-state index contributed by atoms with van der Waals surface area (Å²) in [5.41, 5.74) is 1.15. The standard InChI is InChI=1S/C22H34N4O2/c1-28-21-9-5-4-8-20(21)25-12-10-23(11-13-25)18-22(27)26-16-14-24(15-17-26)19-6-2-3-7-19/h4-5,8-9,19H,2-3,6-7,10-18H2,1H3. The lowest BCUT2D eigenvalue weighted by molar-refractivity contribution is -0.134. The number of piperazine rings is 2. The van der Waals surface area contributed by atoms with Crippen LogP contribution in [0.5, 0.6) is 5.75 Å². The first-order valence-electron chi connectivity index (χ1n) is 10.9. The Hall–Kier alpha value is -1.79. The van der Waals surface area contributed by atoms with Gasteiger partial charge in [-0.1, -0.05) is 25.0 Å². The molecule has 1 amide bonds. The highest BCUT2D eigenvalue weighted by atomic mass is 16.5. The number of amides is 1. The molecule has 6 heteroatoms. The molecule has 1 aromatic rings. The number of carbonyl (C=O) groups excluding carboxylic acids is 1. The quantitative estimate of drug-likeness (QED) is 0.773. The molecule has 0 atom stereocenters. The van der Waals surface area contributed by atoms with Crippen LogP contribution >= 0.6 is 0 Å². The fraction of sp³-hybridized carbons (Fsp3) is 0.682. The topological polar surface area (TPSA) is 39.3 Å². The molecule has 0 spiro atoms. The van der Waals surface area contributed by atoms with Gasteiger partial charge in [-0.3, -0.25) is 14.6 Å². The van der Waals surface area contributed by atoms with Crippen molar-refractivity contribution in [3.63, 3.8) is 0 Å². The molecule has 4 rings (SSSR count). The highest BCUT2D eigenvalue weighted by Crippen LogP contribution is 2.28. The SMILES string of the molecule is COc1ccccc1N1CCN(CC(=O)N2CCN(C3CCCC3)CC2)CC1. The number of carbonyl (C=O) groups is 1. The molecule has 3 fully saturated rings. The third kappa shape index (κ3) is 4.44. The van der Waals surface area contributed by atoms with Crippen molar-refractivity contribution in [2.24, 2.45) is 0 Å². The van der Waals surface area contributed by atoms with Crippen LogP contribution in [0.2, 0.25) is 0 Å². The van der Waals surface area contributed by atoms with E-state index in [1.807, 2.05) is 12.1 Å². The first-order chi connectivity index (χ1) is 13.7. The minimum atomic E-state index is 0.303. The number of hydrogen-bond donors (Lipinski definition) is 0. The van der Waals surface area contributed by atoms with Gasteiger partial charge in [0.25, 0.3) is 0 Å². The monoisotopic (exact) mass is 386 g/mol. The molecule has 1 aromatic carbocycles. The number of ether oxygens (including phenoxy) is 1. The van der Waals surface area contributed by atoms with Gasteiger partial charge < -0.3 is 14.5 Å². The van der Waals surface area contributed by atoms with E-state index in [0.717, 1.165) is 69.8 Å². The Morgan fingerprint density at radius 1 is 0.964 bits per heavy atom. The molecule has 1 saturated carbocycles. The predicted octanol–water partition coefficient (Wildman–Crippen LogP) is 1.90. The smallest absolute Gasteiger partial charge is 0.236 e. The predicted molar refractivity (Wildman–Crippen MR) is 112 cm³/mol. The molecule has 0 bridgehead atoms. The van der Waals surface area contributed by atoms with Crippen molar-refractivity contribution in [3.05, 3.63) is 24.3 Å². The lowest BCUT2D eigenvalue weighted by Crippen LogP contribution is -2.55. The van der Waals surface area contributed by atoms with Crippen LogP contribution in [0.3, 0.4) is 0 Å². The Labute approximate surface area is 169 Å². The summed E-state index contributed by atoms with van der Waals surface area (Å²) in [7, 11) is 1.72. The van der Waals surface area contributed by atoms with Gasteiger partial charge in [0.15, 0.2) is 0 Å². The maximum atomic E-state index is 12.8. The molecular weight excluding hydrogens is 352 g/mol. The Bertz CT molecular complexity index is 646. The fourth-order valence-electron chi connectivity index (χ4n) is 4.94. The third-order valence-electron chi connectivity index (χ3n) is 6.67. The maximum Gasteiger partial charge on any atom is 0.236 e. The number of methoxy groups -OCH3 is 1. The number of hydrogen-bond acceptors (Lipinski definition) is 5. The second-order valence-electron chi connectivity index (χ2n) is 8.29. The maximum absolute atomic E-state index is 12.8. The van der Waals surface area contributed by atoms with E-state index in [9.17, 15) is 4.79 Å². The summed E-state index contributed by atoms with van der Waals surface area (Å²) in [5, 5.41) is 0. The summed E-state index contributed by atoms with van der Waals surface area (Å²) in [6.07, 6.45) is 5.46. The van der Waals surface area contributed by atoms with Crippen molar-refractivity contribution in [2.45, 2.75) is 31.7 Å². The largest absolute Gasteiger partial charge is 0.495 e. The van der Waals surface area contributed by atoms with Crippen molar-refractivity contribution < 1.29 is 9.53 Å². The average molecular weight is 387 g/mol. The summed E-state index contributed by atoms with van der Waals surface area (Å²) in [5.74, 6) is 1.23. The summed E-state index contributed by atoms with van der Waals surface area (Å²) in [4.78, 5) is 22.1. The molecule has 0 radical (unpaired) electrons. The van der Waals surface area contributed by atoms with Gasteiger partial charge in [0.1, 0.15) is 5.75 Å². The van der Waals surface area contributed by atoms with Crippen LogP contribution < -0.4 is 9.64 Å². The highest BCUT2D eigenvalue weighted by molar-refractivity contribution is 5.78. The van der Waals surface area contributed by atoms with Crippen LogP contribution in [0.1, 0.15) is 25.7 Å². The number of para-hydroxylation sites is 2. The van der Waals surface area contributed by atoms with E-state index < -0.39 is 0 Å². The lowest BCUT2D eigenvalue weighted by atomic mass is 10.2. The minimum absolute atomic E-state index is 0.303. The van der Waals surface area contributed by atoms with E-state index in [1.165, 1.54) is 25.7 Å². The molecule has 154 valence electrons. The molecule has 0 unspecified atom stereocenters. The van der Waals surface area contributed by atoms with Crippen molar-refractivity contribution in [3.8, 4) is 5.75 Å². The van der Waals surface area contributed by atoms with E-state index in [1.54, 1.807) is 7.11 Å². The number of anilines is 1. The second kappa shape index (κ2) is 9.14. The van der Waals surface area contributed by atoms with Crippen LogP contribution in [0, 0.1) is 0 Å².